The molecule has 5 heteroatoms. The van der Waals surface area contributed by atoms with Crippen molar-refractivity contribution >= 4 is 17.6 Å². The van der Waals surface area contributed by atoms with E-state index in [1.54, 1.807) is 16.9 Å². The summed E-state index contributed by atoms with van der Waals surface area (Å²) >= 11 is 5.96. The van der Waals surface area contributed by atoms with Crippen molar-refractivity contribution in [2.75, 3.05) is 0 Å². The Morgan fingerprint density at radius 3 is 3.07 bits per heavy atom. The first kappa shape index (κ1) is 10.5. The third-order valence-corrected chi connectivity index (χ3v) is 3.24. The fourth-order valence-electron chi connectivity index (χ4n) is 2.27. The largest absolute Gasteiger partial charge is 0.481 e. The van der Waals surface area contributed by atoms with E-state index in [0.717, 1.165) is 19.3 Å². The zero-order valence-corrected chi connectivity index (χ0v) is 9.02. The van der Waals surface area contributed by atoms with Gasteiger partial charge in [0, 0.05) is 6.42 Å². The number of carboxylic acid groups (broad SMARTS) is 1. The van der Waals surface area contributed by atoms with Gasteiger partial charge >= 0.3 is 5.97 Å². The summed E-state index contributed by atoms with van der Waals surface area (Å²) in [6.45, 7) is 0. The first-order chi connectivity index (χ1) is 7.16. The second-order valence-corrected chi connectivity index (χ2v) is 4.42. The fourth-order valence-corrected chi connectivity index (χ4v) is 2.51. The van der Waals surface area contributed by atoms with Crippen molar-refractivity contribution in [3.8, 4) is 0 Å². The highest BCUT2D eigenvalue weighted by Crippen LogP contribution is 2.37. The van der Waals surface area contributed by atoms with Crippen LogP contribution in [-0.2, 0) is 4.79 Å². The van der Waals surface area contributed by atoms with Gasteiger partial charge in [-0.3, -0.25) is 9.48 Å². The van der Waals surface area contributed by atoms with E-state index in [-0.39, 0.29) is 18.4 Å². The second-order valence-electron chi connectivity index (χ2n) is 4.03. The van der Waals surface area contributed by atoms with Crippen molar-refractivity contribution in [3.63, 3.8) is 0 Å². The van der Waals surface area contributed by atoms with Gasteiger partial charge in [0.25, 0.3) is 0 Å². The molecule has 15 heavy (non-hydrogen) atoms. The molecule has 2 atom stereocenters. The van der Waals surface area contributed by atoms with E-state index in [0.29, 0.717) is 5.15 Å². The lowest BCUT2D eigenvalue weighted by Crippen LogP contribution is -2.09. The van der Waals surface area contributed by atoms with E-state index in [1.165, 1.54) is 0 Å². The molecule has 0 aromatic carbocycles. The topological polar surface area (TPSA) is 55.1 Å². The molecule has 82 valence electrons. The van der Waals surface area contributed by atoms with Crippen LogP contribution in [0.3, 0.4) is 0 Å². The average Bonchev–Trinajstić information content (AvgIpc) is 2.72. The summed E-state index contributed by atoms with van der Waals surface area (Å²) in [5.41, 5.74) is 0. The van der Waals surface area contributed by atoms with Crippen LogP contribution in [0.2, 0.25) is 5.15 Å². The van der Waals surface area contributed by atoms with E-state index < -0.39 is 5.97 Å². The number of hydrogen-bond donors (Lipinski definition) is 1. The Kier molecular flexibility index (Phi) is 2.95. The molecule has 1 fully saturated rings. The van der Waals surface area contributed by atoms with E-state index in [4.69, 9.17) is 16.7 Å². The number of hydrogen-bond acceptors (Lipinski definition) is 2. The van der Waals surface area contributed by atoms with E-state index >= 15 is 0 Å². The maximum Gasteiger partial charge on any atom is 0.303 e. The minimum absolute atomic E-state index is 0.259. The first-order valence-electron chi connectivity index (χ1n) is 5.07. The van der Waals surface area contributed by atoms with Crippen molar-refractivity contribution in [1.82, 2.24) is 9.78 Å². The molecule has 0 spiro atoms. The number of halogens is 1. The van der Waals surface area contributed by atoms with Crippen LogP contribution < -0.4 is 0 Å². The normalized spacial score (nSPS) is 25.7. The summed E-state index contributed by atoms with van der Waals surface area (Å²) in [4.78, 5) is 10.6. The van der Waals surface area contributed by atoms with Gasteiger partial charge in [-0.2, -0.15) is 5.10 Å². The monoisotopic (exact) mass is 228 g/mol. The molecule has 0 aliphatic heterocycles. The number of aromatic nitrogens is 2. The molecule has 0 bridgehead atoms. The summed E-state index contributed by atoms with van der Waals surface area (Å²) in [5, 5.41) is 13.5. The first-order valence-corrected chi connectivity index (χ1v) is 5.45. The molecule has 1 aliphatic carbocycles. The number of rotatable bonds is 3. The summed E-state index contributed by atoms with van der Waals surface area (Å²) < 4.78 is 1.80. The van der Waals surface area contributed by atoms with Crippen LogP contribution in [0.1, 0.15) is 31.7 Å². The summed E-state index contributed by atoms with van der Waals surface area (Å²) in [6, 6.07) is 2.03. The van der Waals surface area contributed by atoms with Crippen molar-refractivity contribution in [2.45, 2.75) is 31.7 Å². The molecule has 1 saturated carbocycles. The number of aliphatic carboxylic acids is 1. The summed E-state index contributed by atoms with van der Waals surface area (Å²) in [7, 11) is 0. The standard InChI is InChI=1S/C10H13ClN2O2/c11-9-3-4-12-13(9)8-2-1-7(5-8)6-10(14)15/h3-4,7-8H,1-2,5-6H2,(H,14,15). The smallest absolute Gasteiger partial charge is 0.303 e. The Labute approximate surface area is 92.8 Å². The third kappa shape index (κ3) is 2.31. The highest BCUT2D eigenvalue weighted by Gasteiger charge is 2.28. The van der Waals surface area contributed by atoms with Gasteiger partial charge in [-0.1, -0.05) is 11.6 Å². The quantitative estimate of drug-likeness (QED) is 0.864. The molecule has 1 aliphatic rings. The van der Waals surface area contributed by atoms with Crippen LogP contribution in [-0.4, -0.2) is 20.9 Å². The lowest BCUT2D eigenvalue weighted by Gasteiger charge is -2.11. The number of nitrogens with zero attached hydrogens (tertiary/aromatic N) is 2. The van der Waals surface area contributed by atoms with Crippen molar-refractivity contribution in [3.05, 3.63) is 17.4 Å². The molecule has 0 saturated heterocycles. The van der Waals surface area contributed by atoms with E-state index in [2.05, 4.69) is 5.10 Å². The van der Waals surface area contributed by atoms with Gasteiger partial charge in [-0.25, -0.2) is 0 Å². The van der Waals surface area contributed by atoms with Crippen LogP contribution in [0.4, 0.5) is 0 Å². The molecular weight excluding hydrogens is 216 g/mol. The van der Waals surface area contributed by atoms with Gasteiger partial charge in [0.05, 0.1) is 12.2 Å². The molecule has 1 aromatic heterocycles. The van der Waals surface area contributed by atoms with Crippen LogP contribution in [0.15, 0.2) is 12.3 Å². The minimum atomic E-state index is -0.716. The predicted molar refractivity (Wildman–Crippen MR) is 55.9 cm³/mol. The highest BCUT2D eigenvalue weighted by atomic mass is 35.5. The molecule has 0 radical (unpaired) electrons. The fraction of sp³-hybridized carbons (Fsp3) is 0.600. The van der Waals surface area contributed by atoms with Gasteiger partial charge in [-0.05, 0) is 31.2 Å². The van der Waals surface area contributed by atoms with E-state index in [1.807, 2.05) is 0 Å². The van der Waals surface area contributed by atoms with E-state index in [9.17, 15) is 4.79 Å². The molecular formula is C10H13ClN2O2. The Bertz CT molecular complexity index is 364. The zero-order valence-electron chi connectivity index (χ0n) is 8.27. The van der Waals surface area contributed by atoms with Gasteiger partial charge in [-0.15, -0.1) is 0 Å². The van der Waals surface area contributed by atoms with Crippen LogP contribution in [0.5, 0.6) is 0 Å². The molecule has 0 amide bonds. The van der Waals surface area contributed by atoms with Crippen molar-refractivity contribution in [1.29, 1.82) is 0 Å². The molecule has 2 rings (SSSR count). The molecule has 4 nitrogen and oxygen atoms in total. The average molecular weight is 229 g/mol. The summed E-state index contributed by atoms with van der Waals surface area (Å²) in [6.07, 6.45) is 4.72. The van der Waals surface area contributed by atoms with Gasteiger partial charge in [0.15, 0.2) is 0 Å². The molecule has 1 aromatic rings. The number of carbonyl (C=O) groups is 1. The van der Waals surface area contributed by atoms with Gasteiger partial charge < -0.3 is 5.11 Å². The van der Waals surface area contributed by atoms with Crippen LogP contribution >= 0.6 is 11.6 Å². The summed E-state index contributed by atoms with van der Waals surface area (Å²) in [5.74, 6) is -0.444. The van der Waals surface area contributed by atoms with Crippen molar-refractivity contribution < 1.29 is 9.90 Å². The minimum Gasteiger partial charge on any atom is -0.481 e. The van der Waals surface area contributed by atoms with Crippen molar-refractivity contribution in [2.24, 2.45) is 5.92 Å². The van der Waals surface area contributed by atoms with Crippen LogP contribution in [0, 0.1) is 5.92 Å². The number of carboxylic acids is 1. The Balaban J connectivity index is 1.98. The lowest BCUT2D eigenvalue weighted by atomic mass is 10.0. The molecule has 2 unspecified atom stereocenters. The molecule has 1 heterocycles. The highest BCUT2D eigenvalue weighted by molar-refractivity contribution is 6.29. The Morgan fingerprint density at radius 2 is 2.47 bits per heavy atom. The van der Waals surface area contributed by atoms with Crippen LogP contribution in [0.25, 0.3) is 0 Å². The lowest BCUT2D eigenvalue weighted by molar-refractivity contribution is -0.138. The van der Waals surface area contributed by atoms with Gasteiger partial charge in [0.2, 0.25) is 0 Å². The maximum atomic E-state index is 10.6. The second kappa shape index (κ2) is 4.23. The predicted octanol–water partition coefficient (Wildman–Crippen LogP) is 2.35. The third-order valence-electron chi connectivity index (χ3n) is 2.94. The zero-order chi connectivity index (χ0) is 10.8. The maximum absolute atomic E-state index is 10.6. The SMILES string of the molecule is O=C(O)CC1CCC(n2nccc2Cl)C1. The van der Waals surface area contributed by atoms with Gasteiger partial charge in [0.1, 0.15) is 5.15 Å². The Hall–Kier alpha value is -1.03. The Morgan fingerprint density at radius 1 is 1.67 bits per heavy atom. The molecule has 1 N–H and O–H groups in total.